The van der Waals surface area contributed by atoms with E-state index in [0.29, 0.717) is 25.3 Å². The first-order valence-electron chi connectivity index (χ1n) is 11.1. The van der Waals surface area contributed by atoms with Crippen molar-refractivity contribution in [2.75, 3.05) is 26.7 Å². The molecule has 0 saturated carbocycles. The Morgan fingerprint density at radius 2 is 2.12 bits per heavy atom. The molecule has 1 amide bonds. The molecule has 9 nitrogen and oxygen atoms in total. The van der Waals surface area contributed by atoms with Crippen molar-refractivity contribution < 1.29 is 9.53 Å². The van der Waals surface area contributed by atoms with Gasteiger partial charge in [0.05, 0.1) is 31.5 Å². The summed E-state index contributed by atoms with van der Waals surface area (Å²) in [6.07, 6.45) is 3.09. The van der Waals surface area contributed by atoms with Crippen molar-refractivity contribution in [3.8, 4) is 5.75 Å². The number of methoxy groups -OCH3 is 1. The average molecular weight is 481 g/mol. The van der Waals surface area contributed by atoms with E-state index in [1.54, 1.807) is 23.0 Å². The normalized spacial score (nSPS) is 17.7. The van der Waals surface area contributed by atoms with Crippen LogP contribution in [0.5, 0.6) is 5.75 Å². The van der Waals surface area contributed by atoms with Crippen LogP contribution in [0.2, 0.25) is 0 Å². The van der Waals surface area contributed by atoms with Crippen molar-refractivity contribution in [1.82, 2.24) is 29.4 Å². The number of hydrogen-bond acceptors (Lipinski definition) is 7. The van der Waals surface area contributed by atoms with Crippen LogP contribution < -0.4 is 15.7 Å². The predicted molar refractivity (Wildman–Crippen MR) is 132 cm³/mol. The first-order chi connectivity index (χ1) is 16.1. The van der Waals surface area contributed by atoms with E-state index in [4.69, 9.17) is 4.74 Å². The highest BCUT2D eigenvalue weighted by atomic mass is 32.1. The second-order valence-corrected chi connectivity index (χ2v) is 9.68. The van der Waals surface area contributed by atoms with Crippen LogP contribution in [0.15, 0.2) is 35.4 Å². The zero-order valence-corrected chi connectivity index (χ0v) is 19.1. The molecule has 6 rings (SSSR count). The van der Waals surface area contributed by atoms with Gasteiger partial charge in [-0.3, -0.25) is 9.36 Å². The number of nitrogens with zero attached hydrogens (tertiary/aromatic N) is 5. The maximum absolute atomic E-state index is 13.3. The average Bonchev–Trinajstić information content (AvgIpc) is 3.60. The SMILES string of the molecule is C.COc1ccc(Cn2c(=O)n3ncnc3c3c4c(sc32)CN(C(=O)C2CCNC2)CC4)cc1. The highest BCUT2D eigenvalue weighted by molar-refractivity contribution is 7.19. The molecule has 1 N–H and O–H groups in total. The fraction of sp³-hybridized carbons (Fsp3) is 0.417. The Morgan fingerprint density at radius 3 is 2.85 bits per heavy atom. The Balaban J connectivity index is 0.00000241. The summed E-state index contributed by atoms with van der Waals surface area (Å²) in [6.45, 7) is 3.36. The zero-order valence-electron chi connectivity index (χ0n) is 18.3. The number of hydrogen-bond donors (Lipinski definition) is 1. The summed E-state index contributed by atoms with van der Waals surface area (Å²) in [6, 6.07) is 7.72. The molecule has 1 fully saturated rings. The summed E-state index contributed by atoms with van der Waals surface area (Å²) in [7, 11) is 1.63. The van der Waals surface area contributed by atoms with Crippen LogP contribution >= 0.6 is 11.3 Å². The molecule has 1 unspecified atom stereocenters. The van der Waals surface area contributed by atoms with Crippen LogP contribution in [0.25, 0.3) is 15.9 Å². The summed E-state index contributed by atoms with van der Waals surface area (Å²) >= 11 is 1.60. The largest absolute Gasteiger partial charge is 0.497 e. The van der Waals surface area contributed by atoms with Crippen molar-refractivity contribution in [2.45, 2.75) is 33.4 Å². The van der Waals surface area contributed by atoms with Gasteiger partial charge in [0.1, 0.15) is 16.9 Å². The van der Waals surface area contributed by atoms with E-state index in [0.717, 1.165) is 52.3 Å². The van der Waals surface area contributed by atoms with Gasteiger partial charge < -0.3 is 15.0 Å². The summed E-state index contributed by atoms with van der Waals surface area (Å²) < 4.78 is 8.42. The summed E-state index contributed by atoms with van der Waals surface area (Å²) in [5.41, 5.74) is 2.56. The minimum Gasteiger partial charge on any atom is -0.497 e. The molecule has 0 spiro atoms. The van der Waals surface area contributed by atoms with Crippen molar-refractivity contribution in [1.29, 1.82) is 0 Å². The smallest absolute Gasteiger partial charge is 0.352 e. The highest BCUT2D eigenvalue weighted by Gasteiger charge is 2.32. The van der Waals surface area contributed by atoms with Gasteiger partial charge in [-0.15, -0.1) is 11.3 Å². The van der Waals surface area contributed by atoms with E-state index in [9.17, 15) is 9.59 Å². The third-order valence-electron chi connectivity index (χ3n) is 6.69. The molecule has 5 heterocycles. The quantitative estimate of drug-likeness (QED) is 0.482. The Bertz CT molecular complexity index is 1410. The lowest BCUT2D eigenvalue weighted by Gasteiger charge is -2.29. The van der Waals surface area contributed by atoms with Gasteiger partial charge in [-0.25, -0.2) is 9.78 Å². The Morgan fingerprint density at radius 1 is 1.29 bits per heavy atom. The molecule has 3 aromatic heterocycles. The zero-order chi connectivity index (χ0) is 22.5. The number of carbonyl (C=O) groups excluding carboxylic acids is 1. The Labute approximate surface area is 201 Å². The molecule has 178 valence electrons. The lowest BCUT2D eigenvalue weighted by Crippen LogP contribution is -2.40. The molecule has 1 atom stereocenters. The van der Waals surface area contributed by atoms with Crippen LogP contribution in [-0.4, -0.2) is 56.7 Å². The maximum atomic E-state index is 13.3. The molecule has 1 saturated heterocycles. The standard InChI is InChI=1S/C23H24N6O3S.CH4/c1-32-16-4-2-14(3-5-16)11-28-22-19(20-25-13-26-29(20)23(28)31)17-7-9-27(12-18(17)33-22)21(30)15-6-8-24-10-15;/h2-5,13,15,24H,6-12H2,1H3;1H4. The van der Waals surface area contributed by atoms with E-state index in [-0.39, 0.29) is 24.9 Å². The monoisotopic (exact) mass is 480 g/mol. The molecular formula is C24H28N6O3S. The van der Waals surface area contributed by atoms with Gasteiger partial charge in [-0.2, -0.15) is 9.61 Å². The van der Waals surface area contributed by atoms with Gasteiger partial charge in [0.15, 0.2) is 5.65 Å². The van der Waals surface area contributed by atoms with E-state index in [1.807, 2.05) is 29.2 Å². The number of ether oxygens (including phenoxy) is 1. The molecule has 1 aromatic carbocycles. The molecule has 0 bridgehead atoms. The van der Waals surface area contributed by atoms with Crippen LogP contribution in [0.3, 0.4) is 0 Å². The van der Waals surface area contributed by atoms with Gasteiger partial charge in [0.25, 0.3) is 0 Å². The first kappa shape index (κ1) is 22.5. The first-order valence-corrected chi connectivity index (χ1v) is 11.9. The second-order valence-electron chi connectivity index (χ2n) is 8.60. The topological polar surface area (TPSA) is 93.8 Å². The maximum Gasteiger partial charge on any atom is 0.352 e. The van der Waals surface area contributed by atoms with Gasteiger partial charge in [0.2, 0.25) is 5.91 Å². The van der Waals surface area contributed by atoms with Gasteiger partial charge in [-0.1, -0.05) is 19.6 Å². The second kappa shape index (κ2) is 8.84. The number of carbonyl (C=O) groups is 1. The van der Waals surface area contributed by atoms with E-state index in [1.165, 1.54) is 16.4 Å². The number of rotatable bonds is 4. The molecule has 2 aliphatic heterocycles. The van der Waals surface area contributed by atoms with Crippen LogP contribution in [0, 0.1) is 5.92 Å². The van der Waals surface area contributed by atoms with Gasteiger partial charge in [-0.05, 0) is 42.6 Å². The Hall–Kier alpha value is -3.24. The number of benzene rings is 1. The molecule has 34 heavy (non-hydrogen) atoms. The lowest BCUT2D eigenvalue weighted by atomic mass is 10.0. The molecule has 0 radical (unpaired) electrons. The van der Waals surface area contributed by atoms with Crippen LogP contribution in [0.1, 0.15) is 29.9 Å². The van der Waals surface area contributed by atoms with E-state index < -0.39 is 0 Å². The third kappa shape index (κ3) is 3.57. The molecule has 10 heteroatoms. The summed E-state index contributed by atoms with van der Waals surface area (Å²) in [4.78, 5) is 34.7. The van der Waals surface area contributed by atoms with Gasteiger partial charge >= 0.3 is 5.69 Å². The number of fused-ring (bicyclic) bond motifs is 5. The fourth-order valence-electron chi connectivity index (χ4n) is 4.93. The number of nitrogens with one attached hydrogen (secondary N) is 1. The number of thiophene rings is 1. The lowest BCUT2D eigenvalue weighted by molar-refractivity contribution is -0.135. The molecule has 4 aromatic rings. The fourth-order valence-corrected chi connectivity index (χ4v) is 6.28. The number of amides is 1. The highest BCUT2D eigenvalue weighted by Crippen LogP contribution is 2.37. The van der Waals surface area contributed by atoms with Crippen molar-refractivity contribution in [3.63, 3.8) is 0 Å². The van der Waals surface area contributed by atoms with Crippen LogP contribution in [0.4, 0.5) is 0 Å². The predicted octanol–water partition coefficient (Wildman–Crippen LogP) is 2.29. The summed E-state index contributed by atoms with van der Waals surface area (Å²) in [5, 5.41) is 8.47. The van der Waals surface area contributed by atoms with Crippen LogP contribution in [-0.2, 0) is 24.3 Å². The summed E-state index contributed by atoms with van der Waals surface area (Å²) in [5.74, 6) is 1.07. The molecular weight excluding hydrogens is 452 g/mol. The number of aromatic nitrogens is 4. The third-order valence-corrected chi connectivity index (χ3v) is 7.93. The van der Waals surface area contributed by atoms with E-state index in [2.05, 4.69) is 15.4 Å². The molecule has 0 aliphatic carbocycles. The minimum atomic E-state index is -0.214. The minimum absolute atomic E-state index is 0. The van der Waals surface area contributed by atoms with Crippen molar-refractivity contribution in [2.24, 2.45) is 5.92 Å². The van der Waals surface area contributed by atoms with E-state index >= 15 is 0 Å². The van der Waals surface area contributed by atoms with Gasteiger partial charge in [0, 0.05) is 18.0 Å². The van der Waals surface area contributed by atoms with Crippen molar-refractivity contribution >= 4 is 33.1 Å². The Kier molecular flexibility index (Phi) is 5.86. The van der Waals surface area contributed by atoms with Crippen molar-refractivity contribution in [3.05, 3.63) is 57.1 Å². The molecule has 2 aliphatic rings.